The van der Waals surface area contributed by atoms with E-state index in [4.69, 9.17) is 9.47 Å². The Morgan fingerprint density at radius 1 is 1.25 bits per heavy atom. The van der Waals surface area contributed by atoms with Crippen LogP contribution in [0.4, 0.5) is 0 Å². The summed E-state index contributed by atoms with van der Waals surface area (Å²) in [5, 5.41) is 17.7. The molecule has 1 N–H and O–H groups in total. The third-order valence-corrected chi connectivity index (χ3v) is 8.90. The number of unbranched alkanes of at least 4 members (excludes halogenated alkanes) is 2. The Morgan fingerprint density at radius 3 is 2.77 bits per heavy atom. The lowest BCUT2D eigenvalue weighted by molar-refractivity contribution is -0.162. The number of carbonyl (C=O) groups is 3. The van der Waals surface area contributed by atoms with Crippen LogP contribution < -0.4 is 0 Å². The average molecular weight is 554 g/mol. The van der Waals surface area contributed by atoms with Crippen LogP contribution in [0.1, 0.15) is 52.4 Å². The highest BCUT2D eigenvalue weighted by atomic mass is 16.6. The summed E-state index contributed by atoms with van der Waals surface area (Å²) in [6, 6.07) is 6.62. The monoisotopic (exact) mass is 553 g/mol. The van der Waals surface area contributed by atoms with Crippen molar-refractivity contribution < 1.29 is 29.0 Å². The van der Waals surface area contributed by atoms with Crippen LogP contribution in [0.15, 0.2) is 36.9 Å². The number of esters is 1. The Morgan fingerprint density at radius 2 is 2.05 bits per heavy atom. The number of aromatic nitrogens is 3. The van der Waals surface area contributed by atoms with E-state index in [-0.39, 0.29) is 38.2 Å². The molecule has 2 bridgehead atoms. The number of likely N-dealkylation sites (tertiary alicyclic amines) is 1. The molecule has 0 saturated carbocycles. The van der Waals surface area contributed by atoms with Crippen molar-refractivity contribution in [2.45, 2.75) is 76.3 Å². The number of fused-ring (bicyclic) bond motifs is 2. The zero-order valence-electron chi connectivity index (χ0n) is 23.3. The first kappa shape index (κ1) is 28.2. The molecule has 4 heterocycles. The van der Waals surface area contributed by atoms with Crippen LogP contribution in [0.3, 0.4) is 0 Å². The van der Waals surface area contributed by atoms with Crippen molar-refractivity contribution >= 4 is 28.8 Å². The molecule has 2 amide bonds. The molecule has 40 heavy (non-hydrogen) atoms. The van der Waals surface area contributed by atoms with Gasteiger partial charge in [0.05, 0.1) is 23.6 Å². The second kappa shape index (κ2) is 11.3. The van der Waals surface area contributed by atoms with Crippen LogP contribution in [-0.4, -0.2) is 91.2 Å². The average Bonchev–Trinajstić information content (AvgIpc) is 3.68. The molecule has 1 aromatic carbocycles. The molecule has 3 aliphatic rings. The molecular weight excluding hydrogens is 514 g/mol. The van der Waals surface area contributed by atoms with E-state index in [1.807, 2.05) is 31.2 Å². The lowest BCUT2D eigenvalue weighted by Gasteiger charge is -2.36. The molecule has 5 rings (SSSR count). The van der Waals surface area contributed by atoms with Gasteiger partial charge < -0.3 is 24.4 Å². The summed E-state index contributed by atoms with van der Waals surface area (Å²) < 4.78 is 13.9. The van der Waals surface area contributed by atoms with Crippen LogP contribution in [-0.2, 0) is 30.5 Å². The fourth-order valence-corrected chi connectivity index (χ4v) is 7.13. The van der Waals surface area contributed by atoms with Crippen LogP contribution in [0.2, 0.25) is 0 Å². The third kappa shape index (κ3) is 4.39. The number of nitrogens with zero attached hydrogens (tertiary/aromatic N) is 5. The fraction of sp³-hybridized carbons (Fsp3) is 0.621. The zero-order valence-corrected chi connectivity index (χ0v) is 23.3. The first-order valence-electron chi connectivity index (χ1n) is 14.3. The molecule has 2 aromatic rings. The predicted octanol–water partition coefficient (Wildman–Crippen LogP) is 2.28. The second-order valence-electron chi connectivity index (χ2n) is 11.0. The van der Waals surface area contributed by atoms with Gasteiger partial charge in [-0.3, -0.25) is 14.4 Å². The molecule has 2 unspecified atom stereocenters. The molecule has 3 aliphatic heterocycles. The quantitative estimate of drug-likeness (QED) is 0.227. The summed E-state index contributed by atoms with van der Waals surface area (Å²) in [6.45, 7) is 8.52. The standard InChI is InChI=1S/C29H39N5O6/c1-4-16-32(19-34-21-13-9-8-12-20(21)30-31-34)26(37)24-29-15-14-28(5-2,40-29)23(27(38)39-6-3)22(29)25(36)33(24)17-10-7-11-18-35/h4,8-9,12-13,22-24,35H,1,5-7,10-11,14-19H2,2-3H3/t22-,23-,24?,28+,29?/m0/s1. The molecule has 216 valence electrons. The van der Waals surface area contributed by atoms with Gasteiger partial charge in [0.25, 0.3) is 0 Å². The van der Waals surface area contributed by atoms with Gasteiger partial charge in [-0.05, 0) is 57.6 Å². The van der Waals surface area contributed by atoms with Crippen LogP contribution in [0, 0.1) is 11.8 Å². The number of aliphatic hydroxyl groups is 1. The number of benzene rings is 1. The summed E-state index contributed by atoms with van der Waals surface area (Å²) in [5.74, 6) is -2.49. The Balaban J connectivity index is 1.53. The Kier molecular flexibility index (Phi) is 7.96. The smallest absolute Gasteiger partial charge is 0.312 e. The van der Waals surface area contributed by atoms with Crippen molar-refractivity contribution in [1.82, 2.24) is 24.8 Å². The second-order valence-corrected chi connectivity index (χ2v) is 11.0. The number of hydrogen-bond acceptors (Lipinski definition) is 8. The first-order valence-corrected chi connectivity index (χ1v) is 14.3. The SMILES string of the molecule is C=CCN(Cn1nnc2ccccc21)C(=O)C1N(CCCCCO)C(=O)[C@@H]2[C@@H](C(=O)OCC)[C@@]3(CC)CCC12O3. The van der Waals surface area contributed by atoms with Gasteiger partial charge in [-0.2, -0.15) is 0 Å². The minimum atomic E-state index is -1.12. The van der Waals surface area contributed by atoms with E-state index in [0.717, 1.165) is 5.52 Å². The van der Waals surface area contributed by atoms with Gasteiger partial charge >= 0.3 is 5.97 Å². The highest BCUT2D eigenvalue weighted by molar-refractivity contribution is 5.98. The summed E-state index contributed by atoms with van der Waals surface area (Å²) in [7, 11) is 0. The Bertz CT molecular complexity index is 1280. The maximum Gasteiger partial charge on any atom is 0.312 e. The molecule has 11 nitrogen and oxygen atoms in total. The Labute approximate surface area is 234 Å². The van der Waals surface area contributed by atoms with Crippen molar-refractivity contribution in [1.29, 1.82) is 0 Å². The third-order valence-electron chi connectivity index (χ3n) is 8.90. The molecular formula is C29H39N5O6. The summed E-state index contributed by atoms with van der Waals surface area (Å²) >= 11 is 0. The van der Waals surface area contributed by atoms with Gasteiger partial charge in [0.2, 0.25) is 11.8 Å². The van der Waals surface area contributed by atoms with Gasteiger partial charge in [-0.25, -0.2) is 4.68 Å². The van der Waals surface area contributed by atoms with Gasteiger partial charge in [-0.15, -0.1) is 11.7 Å². The highest BCUT2D eigenvalue weighted by Gasteiger charge is 2.79. The number of hydrogen-bond donors (Lipinski definition) is 1. The molecule has 0 aliphatic carbocycles. The Hall–Kier alpha value is -3.31. The first-order chi connectivity index (χ1) is 19.4. The molecule has 11 heteroatoms. The molecule has 1 aromatic heterocycles. The largest absolute Gasteiger partial charge is 0.466 e. The van der Waals surface area contributed by atoms with Gasteiger partial charge in [0, 0.05) is 19.7 Å². The van der Waals surface area contributed by atoms with Crippen LogP contribution >= 0.6 is 0 Å². The molecule has 1 spiro atoms. The number of amides is 2. The fourth-order valence-electron chi connectivity index (χ4n) is 7.13. The maximum atomic E-state index is 14.5. The van der Waals surface area contributed by atoms with Crippen molar-refractivity contribution in [3.8, 4) is 0 Å². The van der Waals surface area contributed by atoms with Gasteiger partial charge in [-0.1, -0.05) is 30.3 Å². The lowest BCUT2D eigenvalue weighted by atomic mass is 9.65. The lowest BCUT2D eigenvalue weighted by Crippen LogP contribution is -2.56. The van der Waals surface area contributed by atoms with Crippen molar-refractivity contribution in [2.75, 3.05) is 26.3 Å². The van der Waals surface area contributed by atoms with E-state index in [9.17, 15) is 19.5 Å². The number of aliphatic hydroxyl groups excluding tert-OH is 1. The van der Waals surface area contributed by atoms with E-state index >= 15 is 0 Å². The van der Waals surface area contributed by atoms with E-state index in [1.165, 1.54) is 0 Å². The zero-order chi connectivity index (χ0) is 28.5. The van der Waals surface area contributed by atoms with Crippen molar-refractivity contribution in [3.05, 3.63) is 36.9 Å². The molecule has 3 saturated heterocycles. The summed E-state index contributed by atoms with van der Waals surface area (Å²) in [5.41, 5.74) is -0.454. The summed E-state index contributed by atoms with van der Waals surface area (Å²) in [6.07, 6.45) is 5.21. The predicted molar refractivity (Wildman–Crippen MR) is 146 cm³/mol. The van der Waals surface area contributed by atoms with Crippen LogP contribution in [0.25, 0.3) is 11.0 Å². The number of ether oxygens (including phenoxy) is 2. The van der Waals surface area contributed by atoms with E-state index in [0.29, 0.717) is 50.6 Å². The van der Waals surface area contributed by atoms with Crippen molar-refractivity contribution in [2.24, 2.45) is 11.8 Å². The van der Waals surface area contributed by atoms with Crippen molar-refractivity contribution in [3.63, 3.8) is 0 Å². The van der Waals surface area contributed by atoms with E-state index in [2.05, 4.69) is 16.9 Å². The van der Waals surface area contributed by atoms with Crippen LogP contribution in [0.5, 0.6) is 0 Å². The minimum Gasteiger partial charge on any atom is -0.466 e. The number of rotatable bonds is 13. The van der Waals surface area contributed by atoms with Gasteiger partial charge in [0.15, 0.2) is 0 Å². The number of carbonyl (C=O) groups excluding carboxylic acids is 3. The molecule has 0 radical (unpaired) electrons. The summed E-state index contributed by atoms with van der Waals surface area (Å²) in [4.78, 5) is 45.3. The normalized spacial score (nSPS) is 28.7. The molecule has 5 atom stereocenters. The number of para-hydroxylation sites is 1. The topological polar surface area (TPSA) is 127 Å². The highest BCUT2D eigenvalue weighted by Crippen LogP contribution is 2.64. The van der Waals surface area contributed by atoms with Gasteiger partial charge in [0.1, 0.15) is 29.7 Å². The van der Waals surface area contributed by atoms with E-state index in [1.54, 1.807) is 27.5 Å². The van der Waals surface area contributed by atoms with E-state index < -0.39 is 35.0 Å². The maximum absolute atomic E-state index is 14.5. The minimum absolute atomic E-state index is 0.0644. The molecule has 3 fully saturated rings.